The van der Waals surface area contributed by atoms with Crippen LogP contribution in [0.15, 0.2) is 42.5 Å². The van der Waals surface area contributed by atoms with Crippen LogP contribution in [-0.4, -0.2) is 65.4 Å². The molecular formula is C26H32N6O5. The van der Waals surface area contributed by atoms with Gasteiger partial charge in [-0.2, -0.15) is 4.80 Å². The molecule has 1 aliphatic rings. The minimum absolute atomic E-state index is 0.130. The number of aromatic nitrogens is 4. The van der Waals surface area contributed by atoms with Crippen molar-refractivity contribution in [3.05, 3.63) is 42.5 Å². The number of anilines is 1. The smallest absolute Gasteiger partial charge is 0.251 e. The molecule has 1 N–H and O–H groups in total. The molecule has 11 nitrogen and oxygen atoms in total. The van der Waals surface area contributed by atoms with Crippen molar-refractivity contribution < 1.29 is 23.8 Å². The van der Waals surface area contributed by atoms with Crippen LogP contribution in [0.5, 0.6) is 17.2 Å². The van der Waals surface area contributed by atoms with Gasteiger partial charge in [0.1, 0.15) is 18.3 Å². The van der Waals surface area contributed by atoms with Gasteiger partial charge < -0.3 is 19.5 Å². The van der Waals surface area contributed by atoms with Gasteiger partial charge in [-0.1, -0.05) is 25.0 Å². The fraction of sp³-hybridized carbons (Fsp3) is 0.423. The van der Waals surface area contributed by atoms with Crippen LogP contribution in [0.3, 0.4) is 0 Å². The number of tetrazole rings is 1. The molecule has 37 heavy (non-hydrogen) atoms. The lowest BCUT2D eigenvalue weighted by Crippen LogP contribution is -2.51. The van der Waals surface area contributed by atoms with Gasteiger partial charge in [-0.25, -0.2) is 0 Å². The van der Waals surface area contributed by atoms with Crippen LogP contribution < -0.4 is 24.4 Å². The van der Waals surface area contributed by atoms with E-state index in [2.05, 4.69) is 20.7 Å². The van der Waals surface area contributed by atoms with E-state index in [1.165, 1.54) is 16.8 Å². The van der Waals surface area contributed by atoms with Crippen LogP contribution in [0.25, 0.3) is 11.4 Å². The number of amides is 2. The topological polar surface area (TPSA) is 121 Å². The van der Waals surface area contributed by atoms with Crippen molar-refractivity contribution in [2.45, 2.75) is 51.2 Å². The number of carbonyl (C=O) groups excluding carboxylic acids is 2. The summed E-state index contributed by atoms with van der Waals surface area (Å²) in [5.41, 5.74) is 1.14. The Balaban J connectivity index is 1.58. The summed E-state index contributed by atoms with van der Waals surface area (Å²) in [5, 5.41) is 15.6. The van der Waals surface area contributed by atoms with Crippen molar-refractivity contribution in [1.82, 2.24) is 25.5 Å². The van der Waals surface area contributed by atoms with Crippen molar-refractivity contribution >= 4 is 17.5 Å². The number of hydrogen-bond acceptors (Lipinski definition) is 8. The molecule has 0 radical (unpaired) electrons. The predicted octanol–water partition coefficient (Wildman–Crippen LogP) is 2.85. The molecule has 1 aliphatic carbocycles. The van der Waals surface area contributed by atoms with E-state index in [0.29, 0.717) is 34.3 Å². The third-order valence-electron chi connectivity index (χ3n) is 6.45. The highest BCUT2D eigenvalue weighted by Gasteiger charge is 2.31. The highest BCUT2D eigenvalue weighted by Crippen LogP contribution is 2.32. The average molecular weight is 509 g/mol. The van der Waals surface area contributed by atoms with E-state index in [0.717, 1.165) is 25.7 Å². The van der Waals surface area contributed by atoms with Gasteiger partial charge in [0.25, 0.3) is 5.91 Å². The molecule has 11 heteroatoms. The molecule has 0 saturated heterocycles. The standard InChI is InChI=1S/C26H32N6O5/c1-17(26(34)27-19-9-5-6-10-19)32(20-11-7-8-12-21(20)35-2)24(33)16-31-29-25(28-30-31)18-13-14-22(36-3)23(15-18)37-4/h7-8,11-15,17,19H,5-6,9-10,16H2,1-4H3,(H,27,34). The van der Waals surface area contributed by atoms with Crippen LogP contribution in [0, 0.1) is 0 Å². The van der Waals surface area contributed by atoms with E-state index in [1.54, 1.807) is 57.5 Å². The predicted molar refractivity (Wildman–Crippen MR) is 137 cm³/mol. The van der Waals surface area contributed by atoms with E-state index < -0.39 is 6.04 Å². The minimum Gasteiger partial charge on any atom is -0.495 e. The molecule has 2 aromatic carbocycles. The zero-order valence-electron chi connectivity index (χ0n) is 21.5. The first kappa shape index (κ1) is 25.9. The Labute approximate surface area is 215 Å². The lowest BCUT2D eigenvalue weighted by molar-refractivity contribution is -0.127. The Morgan fingerprint density at radius 3 is 2.43 bits per heavy atom. The first-order valence-corrected chi connectivity index (χ1v) is 12.2. The van der Waals surface area contributed by atoms with Gasteiger partial charge in [-0.15, -0.1) is 10.2 Å². The van der Waals surface area contributed by atoms with Gasteiger partial charge in [0, 0.05) is 11.6 Å². The van der Waals surface area contributed by atoms with Gasteiger partial charge in [-0.05, 0) is 55.3 Å². The normalized spacial score (nSPS) is 14.2. The van der Waals surface area contributed by atoms with Gasteiger partial charge in [0.05, 0.1) is 27.0 Å². The van der Waals surface area contributed by atoms with Gasteiger partial charge in [-0.3, -0.25) is 14.5 Å². The van der Waals surface area contributed by atoms with Crippen LogP contribution >= 0.6 is 0 Å². The minimum atomic E-state index is -0.779. The highest BCUT2D eigenvalue weighted by atomic mass is 16.5. The monoisotopic (exact) mass is 508 g/mol. The second-order valence-corrected chi connectivity index (χ2v) is 8.81. The molecule has 0 bridgehead atoms. The second kappa shape index (κ2) is 11.7. The number of nitrogens with zero attached hydrogens (tertiary/aromatic N) is 5. The van der Waals surface area contributed by atoms with Crippen LogP contribution in [-0.2, 0) is 16.1 Å². The number of benzene rings is 2. The molecule has 0 spiro atoms. The summed E-state index contributed by atoms with van der Waals surface area (Å²) >= 11 is 0. The number of ether oxygens (including phenoxy) is 3. The second-order valence-electron chi connectivity index (χ2n) is 8.81. The van der Waals surface area contributed by atoms with E-state index in [-0.39, 0.29) is 24.4 Å². The zero-order valence-corrected chi connectivity index (χ0v) is 21.5. The van der Waals surface area contributed by atoms with Gasteiger partial charge >= 0.3 is 0 Å². The fourth-order valence-electron chi connectivity index (χ4n) is 4.50. The molecular weight excluding hydrogens is 476 g/mol. The summed E-state index contributed by atoms with van der Waals surface area (Å²) in [7, 11) is 4.63. The van der Waals surface area contributed by atoms with E-state index in [4.69, 9.17) is 14.2 Å². The number of rotatable bonds is 10. The lowest BCUT2D eigenvalue weighted by Gasteiger charge is -2.30. The van der Waals surface area contributed by atoms with Crippen LogP contribution in [0.1, 0.15) is 32.6 Å². The summed E-state index contributed by atoms with van der Waals surface area (Å²) in [6, 6.07) is 11.7. The molecule has 1 saturated carbocycles. The molecule has 2 amide bonds. The Morgan fingerprint density at radius 1 is 1.03 bits per heavy atom. The Kier molecular flexibility index (Phi) is 8.22. The molecule has 196 valence electrons. The highest BCUT2D eigenvalue weighted by molar-refractivity contribution is 6.01. The van der Waals surface area contributed by atoms with Crippen molar-refractivity contribution in [2.24, 2.45) is 0 Å². The van der Waals surface area contributed by atoms with Gasteiger partial charge in [0.15, 0.2) is 11.5 Å². The summed E-state index contributed by atoms with van der Waals surface area (Å²) in [4.78, 5) is 29.4. The first-order chi connectivity index (χ1) is 17.9. The molecule has 1 unspecified atom stereocenters. The number of nitrogens with one attached hydrogen (secondary N) is 1. The summed E-state index contributed by atoms with van der Waals surface area (Å²) in [6.07, 6.45) is 4.08. The maximum Gasteiger partial charge on any atom is 0.251 e. The van der Waals surface area contributed by atoms with Crippen LogP contribution in [0.4, 0.5) is 5.69 Å². The molecule has 1 fully saturated rings. The third-order valence-corrected chi connectivity index (χ3v) is 6.45. The Morgan fingerprint density at radius 2 is 1.73 bits per heavy atom. The van der Waals surface area contributed by atoms with E-state index >= 15 is 0 Å². The summed E-state index contributed by atoms with van der Waals surface area (Å²) in [5.74, 6) is 1.31. The maximum absolute atomic E-state index is 13.6. The number of methoxy groups -OCH3 is 3. The van der Waals surface area contributed by atoms with Gasteiger partial charge in [0.2, 0.25) is 11.7 Å². The molecule has 1 atom stereocenters. The van der Waals surface area contributed by atoms with E-state index in [9.17, 15) is 9.59 Å². The molecule has 0 aliphatic heterocycles. The maximum atomic E-state index is 13.6. The number of hydrogen-bond donors (Lipinski definition) is 1. The average Bonchev–Trinajstić information content (AvgIpc) is 3.61. The first-order valence-electron chi connectivity index (χ1n) is 12.2. The van der Waals surface area contributed by atoms with Crippen molar-refractivity contribution in [2.75, 3.05) is 26.2 Å². The summed E-state index contributed by atoms with van der Waals surface area (Å²) in [6.45, 7) is 1.48. The van der Waals surface area contributed by atoms with Crippen molar-refractivity contribution in [3.8, 4) is 28.6 Å². The van der Waals surface area contributed by atoms with Crippen molar-refractivity contribution in [3.63, 3.8) is 0 Å². The SMILES string of the molecule is COc1ccc(-c2nnn(CC(=O)N(c3ccccc3OC)C(C)C(=O)NC3CCCC3)n2)cc1OC. The zero-order chi connectivity index (χ0) is 26.4. The van der Waals surface area contributed by atoms with Crippen molar-refractivity contribution in [1.29, 1.82) is 0 Å². The Hall–Kier alpha value is -4.15. The summed E-state index contributed by atoms with van der Waals surface area (Å²) < 4.78 is 16.1. The number of para-hydroxylation sites is 2. The molecule has 1 aromatic heterocycles. The molecule has 1 heterocycles. The lowest BCUT2D eigenvalue weighted by atomic mass is 10.1. The molecule has 3 aromatic rings. The number of carbonyl (C=O) groups is 2. The van der Waals surface area contributed by atoms with E-state index in [1.807, 2.05) is 6.07 Å². The van der Waals surface area contributed by atoms with Crippen LogP contribution in [0.2, 0.25) is 0 Å². The largest absolute Gasteiger partial charge is 0.495 e. The fourth-order valence-corrected chi connectivity index (χ4v) is 4.50. The quantitative estimate of drug-likeness (QED) is 0.444. The third kappa shape index (κ3) is 5.82. The Bertz CT molecular complexity index is 1240. The molecule has 4 rings (SSSR count).